The van der Waals surface area contributed by atoms with Gasteiger partial charge in [-0.05, 0) is 64.7 Å². The molecule has 0 unspecified atom stereocenters. The highest BCUT2D eigenvalue weighted by Gasteiger charge is 2.37. The van der Waals surface area contributed by atoms with Crippen molar-refractivity contribution < 1.29 is 21.3 Å². The van der Waals surface area contributed by atoms with Gasteiger partial charge in [-0.2, -0.15) is 0 Å². The molecule has 0 bridgehead atoms. The van der Waals surface area contributed by atoms with Gasteiger partial charge in [-0.25, -0.2) is 24.8 Å². The van der Waals surface area contributed by atoms with Gasteiger partial charge in [0.1, 0.15) is 21.6 Å². The largest absolute Gasteiger partial charge is 0.445 e. The molecule has 9 aromatic carbocycles. The minimum Gasteiger partial charge on any atom is -0.445 e. The minimum absolute atomic E-state index is 0.253. The number of hydrogen-bond acceptors (Lipinski definition) is 6. The maximum atomic E-state index is 15.4. The highest BCUT2D eigenvalue weighted by molar-refractivity contribution is 7.91. The van der Waals surface area contributed by atoms with Crippen LogP contribution in [0.2, 0.25) is 0 Å². The Kier molecular flexibility index (Phi) is 7.67. The van der Waals surface area contributed by atoms with Gasteiger partial charge < -0.3 is 8.98 Å². The van der Waals surface area contributed by atoms with Crippen molar-refractivity contribution in [3.05, 3.63) is 206 Å². The lowest BCUT2D eigenvalue weighted by Gasteiger charge is -2.21. The maximum absolute atomic E-state index is 15.4. The molecule has 2 aliphatic rings. The van der Waals surface area contributed by atoms with Gasteiger partial charge in [0.05, 0.1) is 48.3 Å². The summed E-state index contributed by atoms with van der Waals surface area (Å²) in [4.78, 5) is 1.19. The van der Waals surface area contributed by atoms with Gasteiger partial charge in [0.25, 0.3) is 20.0 Å². The van der Waals surface area contributed by atoms with Gasteiger partial charge in [-0.1, -0.05) is 169 Å². The molecule has 0 fully saturated rings. The van der Waals surface area contributed by atoms with Crippen molar-refractivity contribution in [2.75, 3.05) is 0 Å². The van der Waals surface area contributed by atoms with Gasteiger partial charge in [0, 0.05) is 60.0 Å². The number of nitrogens with zero attached hydrogens (tertiary/aromatic N) is 4. The fraction of sp³-hybridized carbons (Fsp3) is 0. The predicted molar refractivity (Wildman–Crippen MR) is 298 cm³/mol. The molecule has 0 N–H and O–H groups in total. The molecule has 0 aliphatic carbocycles. The standard InChI is InChI=1S/C62H34N4O5S3/c67-73(68)55-26-10-6-18-43(55)45-20-12-22-48-58-54(65(73)60(45)48)34-71-61(58)64-52-25-9-5-17-41(52)42-29-27-35(31-53(42)64)37-13-1-2-14-38(37)36-28-30-44-46-19-11-21-47-49-33-57(72-62(49)66(59(46)47)74(69,70)56(44)32-36)63-50-23-7-3-15-39(50)40-16-4-8-24-51(40)63/h1-34H. The number of thiophene rings is 1. The quantitative estimate of drug-likeness (QED) is 0.175. The Balaban J connectivity index is 0.835. The highest BCUT2D eigenvalue weighted by Crippen LogP contribution is 2.51. The Morgan fingerprint density at radius 3 is 1.58 bits per heavy atom. The SMILES string of the molecule is O=S1(=O)c2ccccc2-c2cccc3c4c(-n5c6ccccc6c6ccc(-c7ccccc7-c7ccc8c(c7)S(=O)(=O)n7c9sc(-n%10c%11ccccc%11c%11ccccc%11%10)cc9c9cccc-8c97)cc65)occ4n1c23. The number of benzene rings is 9. The average Bonchev–Trinajstić information content (AvgIpc) is 4.31. The second kappa shape index (κ2) is 14.0. The van der Waals surface area contributed by atoms with Crippen molar-refractivity contribution in [3.8, 4) is 55.4 Å². The molecule has 9 nitrogen and oxygen atoms in total. The molecule has 350 valence electrons. The second-order valence-electron chi connectivity index (χ2n) is 19.3. The van der Waals surface area contributed by atoms with Gasteiger partial charge in [0.2, 0.25) is 5.88 Å². The Morgan fingerprint density at radius 1 is 0.365 bits per heavy atom. The normalized spacial score (nSPS) is 14.4. The fourth-order valence-electron chi connectivity index (χ4n) is 12.5. The van der Waals surface area contributed by atoms with Crippen LogP contribution >= 0.6 is 11.3 Å². The lowest BCUT2D eigenvalue weighted by Crippen LogP contribution is -2.17. The van der Waals surface area contributed by atoms with Gasteiger partial charge in [0.15, 0.2) is 0 Å². The van der Waals surface area contributed by atoms with E-state index >= 15 is 8.42 Å². The zero-order valence-corrected chi connectivity index (χ0v) is 41.1. The first-order chi connectivity index (χ1) is 36.3. The van der Waals surface area contributed by atoms with Crippen LogP contribution in [0.4, 0.5) is 0 Å². The van der Waals surface area contributed by atoms with Crippen LogP contribution in [0.5, 0.6) is 0 Å². The van der Waals surface area contributed by atoms with Crippen molar-refractivity contribution in [3.63, 3.8) is 0 Å². The molecule has 0 atom stereocenters. The number of furan rings is 1. The van der Waals surface area contributed by atoms with E-state index in [0.717, 1.165) is 98.2 Å². The van der Waals surface area contributed by atoms with Crippen molar-refractivity contribution >= 4 is 118 Å². The van der Waals surface area contributed by atoms with Crippen LogP contribution in [0.25, 0.3) is 142 Å². The summed E-state index contributed by atoms with van der Waals surface area (Å²) in [6.45, 7) is 0. The summed E-state index contributed by atoms with van der Waals surface area (Å²) in [6, 6.07) is 66.6. The van der Waals surface area contributed by atoms with Crippen molar-refractivity contribution in [1.29, 1.82) is 0 Å². The summed E-state index contributed by atoms with van der Waals surface area (Å²) in [5.41, 5.74) is 12.3. The molecule has 0 radical (unpaired) electrons. The molecule has 12 heteroatoms. The molecule has 2 aliphatic heterocycles. The number of aromatic nitrogens is 4. The van der Waals surface area contributed by atoms with Crippen molar-refractivity contribution in [2.24, 2.45) is 0 Å². The van der Waals surface area contributed by atoms with E-state index in [2.05, 4.69) is 88.0 Å². The van der Waals surface area contributed by atoms with E-state index in [1.807, 2.05) is 109 Å². The second-order valence-corrected chi connectivity index (χ2v) is 23.8. The fourth-order valence-corrected chi connectivity index (χ4v) is 17.5. The molecular weight excluding hydrogens is 977 g/mol. The maximum Gasteiger partial charge on any atom is 0.270 e. The van der Waals surface area contributed by atoms with E-state index in [0.29, 0.717) is 43.8 Å². The van der Waals surface area contributed by atoms with E-state index in [1.54, 1.807) is 22.4 Å². The van der Waals surface area contributed by atoms with E-state index < -0.39 is 20.0 Å². The minimum atomic E-state index is -4.10. The molecule has 74 heavy (non-hydrogen) atoms. The van der Waals surface area contributed by atoms with E-state index in [-0.39, 0.29) is 9.79 Å². The smallest absolute Gasteiger partial charge is 0.270 e. The monoisotopic (exact) mass is 1010 g/mol. The van der Waals surface area contributed by atoms with Crippen LogP contribution < -0.4 is 0 Å². The first kappa shape index (κ1) is 40.6. The molecule has 0 saturated carbocycles. The number of fused-ring (bicyclic) bond motifs is 16. The zero-order valence-electron chi connectivity index (χ0n) is 38.7. The van der Waals surface area contributed by atoms with Gasteiger partial charge >= 0.3 is 0 Å². The lowest BCUT2D eigenvalue weighted by molar-refractivity contribution is 0.550. The molecule has 15 aromatic rings. The zero-order chi connectivity index (χ0) is 48.9. The third-order valence-corrected chi connectivity index (χ3v) is 20.3. The van der Waals surface area contributed by atoms with Crippen LogP contribution in [0.1, 0.15) is 0 Å². The third-order valence-electron chi connectivity index (χ3n) is 15.6. The molecule has 6 aromatic heterocycles. The lowest BCUT2D eigenvalue weighted by atomic mass is 9.92. The molecular formula is C62H34N4O5S3. The average molecular weight is 1010 g/mol. The third kappa shape index (κ3) is 4.97. The molecule has 17 rings (SSSR count). The van der Waals surface area contributed by atoms with Gasteiger partial charge in [-0.3, -0.25) is 4.57 Å². The summed E-state index contributed by atoms with van der Waals surface area (Å²) < 4.78 is 73.7. The molecule has 0 spiro atoms. The van der Waals surface area contributed by atoms with E-state index in [1.165, 1.54) is 15.3 Å². The predicted octanol–water partition coefficient (Wildman–Crippen LogP) is 15.5. The molecule has 0 saturated heterocycles. The van der Waals surface area contributed by atoms with Crippen molar-refractivity contribution in [1.82, 2.24) is 17.1 Å². The van der Waals surface area contributed by atoms with Crippen molar-refractivity contribution in [2.45, 2.75) is 9.79 Å². The summed E-state index contributed by atoms with van der Waals surface area (Å²) in [5.74, 6) is 0.514. The first-order valence-corrected chi connectivity index (χ1v) is 27.9. The Morgan fingerprint density at radius 2 is 0.878 bits per heavy atom. The highest BCUT2D eigenvalue weighted by atomic mass is 32.2. The number of rotatable bonds is 4. The summed E-state index contributed by atoms with van der Waals surface area (Å²) in [7, 11) is -8.07. The summed E-state index contributed by atoms with van der Waals surface area (Å²) in [5, 5.41) is 8.53. The van der Waals surface area contributed by atoms with Crippen LogP contribution in [-0.4, -0.2) is 33.9 Å². The molecule has 8 heterocycles. The van der Waals surface area contributed by atoms with Crippen LogP contribution in [0, 0.1) is 0 Å². The Bertz CT molecular complexity index is 5260. The van der Waals surface area contributed by atoms with E-state index in [4.69, 9.17) is 4.42 Å². The number of para-hydroxylation sites is 5. The number of hydrogen-bond donors (Lipinski definition) is 0. The first-order valence-electron chi connectivity index (χ1n) is 24.2. The van der Waals surface area contributed by atoms with E-state index in [9.17, 15) is 8.42 Å². The Labute approximate surface area is 425 Å². The Hall–Kier alpha value is -8.94. The van der Waals surface area contributed by atoms with Crippen LogP contribution in [0.15, 0.2) is 221 Å². The topological polar surface area (TPSA) is 101 Å². The van der Waals surface area contributed by atoms with Gasteiger partial charge in [-0.15, -0.1) is 0 Å². The molecule has 0 amide bonds. The summed E-state index contributed by atoms with van der Waals surface area (Å²) >= 11 is 1.50. The summed E-state index contributed by atoms with van der Waals surface area (Å²) in [6.07, 6.45) is 1.56. The van der Waals surface area contributed by atoms with Crippen LogP contribution in [0.3, 0.4) is 0 Å². The van der Waals surface area contributed by atoms with Crippen LogP contribution in [-0.2, 0) is 20.0 Å².